The van der Waals surface area contributed by atoms with Crippen molar-refractivity contribution in [2.45, 2.75) is 27.2 Å². The van der Waals surface area contributed by atoms with E-state index in [-0.39, 0.29) is 5.91 Å². The molecule has 3 heteroatoms. The number of nitrogens with zero attached hydrogens (tertiary/aromatic N) is 1. The second-order valence-electron chi connectivity index (χ2n) is 4.77. The Morgan fingerprint density at radius 2 is 2.20 bits per heavy atom. The largest absolute Gasteiger partial charge is 0.339 e. The Labute approximate surface area is 92.3 Å². The third-order valence-electron chi connectivity index (χ3n) is 3.14. The SMILES string of the molecule is CC(C)=CC(=O)N1CCC(C)C(CN)C1. The molecule has 86 valence electrons. The van der Waals surface area contributed by atoms with Crippen molar-refractivity contribution < 1.29 is 4.79 Å². The molecule has 2 N–H and O–H groups in total. The molecule has 1 heterocycles. The molecule has 0 spiro atoms. The zero-order valence-corrected chi connectivity index (χ0v) is 9.99. The predicted octanol–water partition coefficient (Wildman–Crippen LogP) is 1.40. The summed E-state index contributed by atoms with van der Waals surface area (Å²) in [6.07, 6.45) is 2.79. The molecule has 1 aliphatic rings. The zero-order chi connectivity index (χ0) is 11.4. The zero-order valence-electron chi connectivity index (χ0n) is 9.99. The van der Waals surface area contributed by atoms with Gasteiger partial charge in [-0.1, -0.05) is 12.5 Å². The Balaban J connectivity index is 2.58. The van der Waals surface area contributed by atoms with E-state index in [9.17, 15) is 4.79 Å². The van der Waals surface area contributed by atoms with Crippen LogP contribution in [0.4, 0.5) is 0 Å². The lowest BCUT2D eigenvalue weighted by molar-refractivity contribution is -0.128. The van der Waals surface area contributed by atoms with Crippen molar-refractivity contribution in [2.75, 3.05) is 19.6 Å². The Morgan fingerprint density at radius 1 is 1.53 bits per heavy atom. The average molecular weight is 210 g/mol. The fourth-order valence-electron chi connectivity index (χ4n) is 1.99. The van der Waals surface area contributed by atoms with E-state index in [2.05, 4.69) is 6.92 Å². The highest BCUT2D eigenvalue weighted by molar-refractivity contribution is 5.88. The number of amides is 1. The minimum Gasteiger partial charge on any atom is -0.339 e. The van der Waals surface area contributed by atoms with Crippen molar-refractivity contribution in [3.05, 3.63) is 11.6 Å². The van der Waals surface area contributed by atoms with Gasteiger partial charge in [-0.3, -0.25) is 4.79 Å². The van der Waals surface area contributed by atoms with Crippen LogP contribution in [0.25, 0.3) is 0 Å². The number of hydrogen-bond donors (Lipinski definition) is 1. The number of rotatable bonds is 2. The second kappa shape index (κ2) is 5.31. The second-order valence-corrected chi connectivity index (χ2v) is 4.77. The third kappa shape index (κ3) is 3.34. The van der Waals surface area contributed by atoms with E-state index in [1.807, 2.05) is 18.7 Å². The van der Waals surface area contributed by atoms with Crippen LogP contribution in [0.5, 0.6) is 0 Å². The minimum atomic E-state index is 0.139. The highest BCUT2D eigenvalue weighted by atomic mass is 16.2. The van der Waals surface area contributed by atoms with E-state index in [1.54, 1.807) is 6.08 Å². The monoisotopic (exact) mass is 210 g/mol. The van der Waals surface area contributed by atoms with Gasteiger partial charge in [0.15, 0.2) is 0 Å². The molecule has 2 unspecified atom stereocenters. The molecular formula is C12H22N2O. The van der Waals surface area contributed by atoms with Crippen molar-refractivity contribution in [3.8, 4) is 0 Å². The smallest absolute Gasteiger partial charge is 0.246 e. The number of carbonyl (C=O) groups is 1. The third-order valence-corrected chi connectivity index (χ3v) is 3.14. The van der Waals surface area contributed by atoms with Crippen LogP contribution in [-0.2, 0) is 4.79 Å². The van der Waals surface area contributed by atoms with Crippen LogP contribution in [-0.4, -0.2) is 30.4 Å². The van der Waals surface area contributed by atoms with Gasteiger partial charge in [0.25, 0.3) is 0 Å². The number of carbonyl (C=O) groups excluding carboxylic acids is 1. The highest BCUT2D eigenvalue weighted by Gasteiger charge is 2.26. The van der Waals surface area contributed by atoms with Crippen molar-refractivity contribution >= 4 is 5.91 Å². The van der Waals surface area contributed by atoms with Crippen LogP contribution >= 0.6 is 0 Å². The summed E-state index contributed by atoms with van der Waals surface area (Å²) in [7, 11) is 0. The summed E-state index contributed by atoms with van der Waals surface area (Å²) in [5, 5.41) is 0. The molecule has 1 rings (SSSR count). The lowest BCUT2D eigenvalue weighted by Crippen LogP contribution is -2.45. The van der Waals surface area contributed by atoms with Crippen LogP contribution in [0.15, 0.2) is 11.6 Å². The molecule has 0 bridgehead atoms. The van der Waals surface area contributed by atoms with Gasteiger partial charge in [0.2, 0.25) is 5.91 Å². The number of piperidine rings is 1. The van der Waals surface area contributed by atoms with Gasteiger partial charge >= 0.3 is 0 Å². The molecule has 15 heavy (non-hydrogen) atoms. The molecule has 0 radical (unpaired) electrons. The maximum absolute atomic E-state index is 11.8. The van der Waals surface area contributed by atoms with Gasteiger partial charge in [0.1, 0.15) is 0 Å². The Morgan fingerprint density at radius 3 is 2.73 bits per heavy atom. The molecule has 1 saturated heterocycles. The van der Waals surface area contributed by atoms with E-state index in [4.69, 9.17) is 5.73 Å². The number of nitrogens with two attached hydrogens (primary N) is 1. The first-order valence-electron chi connectivity index (χ1n) is 5.68. The summed E-state index contributed by atoms with van der Waals surface area (Å²) in [6, 6.07) is 0. The molecule has 0 aliphatic carbocycles. The lowest BCUT2D eigenvalue weighted by Gasteiger charge is -2.36. The van der Waals surface area contributed by atoms with E-state index in [1.165, 1.54) is 0 Å². The molecule has 2 atom stereocenters. The maximum Gasteiger partial charge on any atom is 0.246 e. The summed E-state index contributed by atoms with van der Waals surface area (Å²) in [5.41, 5.74) is 6.76. The fourth-order valence-corrected chi connectivity index (χ4v) is 1.99. The Kier molecular flexibility index (Phi) is 4.33. The van der Waals surface area contributed by atoms with E-state index in [0.717, 1.165) is 25.1 Å². The Bertz CT molecular complexity index is 256. The number of likely N-dealkylation sites (tertiary alicyclic amines) is 1. The van der Waals surface area contributed by atoms with Crippen LogP contribution in [0.1, 0.15) is 27.2 Å². The van der Waals surface area contributed by atoms with Gasteiger partial charge in [-0.15, -0.1) is 0 Å². The minimum absolute atomic E-state index is 0.139. The summed E-state index contributed by atoms with van der Waals surface area (Å²) >= 11 is 0. The van der Waals surface area contributed by atoms with Crippen molar-refractivity contribution in [2.24, 2.45) is 17.6 Å². The van der Waals surface area contributed by atoms with E-state index in [0.29, 0.717) is 18.4 Å². The molecule has 0 aromatic heterocycles. The standard InChI is InChI=1S/C12H22N2O/c1-9(2)6-12(15)14-5-4-10(3)11(7-13)8-14/h6,10-11H,4-5,7-8,13H2,1-3H3. The molecule has 1 amide bonds. The van der Waals surface area contributed by atoms with Crippen LogP contribution in [0.2, 0.25) is 0 Å². The molecule has 0 aromatic carbocycles. The van der Waals surface area contributed by atoms with Crippen LogP contribution in [0, 0.1) is 11.8 Å². The summed E-state index contributed by atoms with van der Waals surface area (Å²) in [5.74, 6) is 1.25. The van der Waals surface area contributed by atoms with Crippen molar-refractivity contribution in [1.29, 1.82) is 0 Å². The first-order valence-corrected chi connectivity index (χ1v) is 5.68. The van der Waals surface area contributed by atoms with Crippen molar-refractivity contribution in [1.82, 2.24) is 4.90 Å². The molecular weight excluding hydrogens is 188 g/mol. The van der Waals surface area contributed by atoms with Crippen LogP contribution < -0.4 is 5.73 Å². The topological polar surface area (TPSA) is 46.3 Å². The van der Waals surface area contributed by atoms with Gasteiger partial charge in [-0.25, -0.2) is 0 Å². The maximum atomic E-state index is 11.8. The van der Waals surface area contributed by atoms with Gasteiger partial charge in [-0.05, 0) is 38.6 Å². The predicted molar refractivity (Wildman–Crippen MR) is 62.3 cm³/mol. The Hall–Kier alpha value is -0.830. The highest BCUT2D eigenvalue weighted by Crippen LogP contribution is 2.22. The molecule has 1 fully saturated rings. The van der Waals surface area contributed by atoms with E-state index < -0.39 is 0 Å². The summed E-state index contributed by atoms with van der Waals surface area (Å²) in [4.78, 5) is 13.7. The van der Waals surface area contributed by atoms with Gasteiger partial charge in [-0.2, -0.15) is 0 Å². The fraction of sp³-hybridized carbons (Fsp3) is 0.750. The number of allylic oxidation sites excluding steroid dienone is 1. The first kappa shape index (κ1) is 12.2. The molecule has 0 saturated carbocycles. The lowest BCUT2D eigenvalue weighted by atomic mass is 9.87. The van der Waals surface area contributed by atoms with Gasteiger partial charge < -0.3 is 10.6 Å². The van der Waals surface area contributed by atoms with E-state index >= 15 is 0 Å². The normalized spacial score (nSPS) is 26.3. The summed E-state index contributed by atoms with van der Waals surface area (Å²) < 4.78 is 0. The summed E-state index contributed by atoms with van der Waals surface area (Å²) in [6.45, 7) is 8.50. The van der Waals surface area contributed by atoms with Crippen LogP contribution in [0.3, 0.4) is 0 Å². The van der Waals surface area contributed by atoms with Crippen molar-refractivity contribution in [3.63, 3.8) is 0 Å². The first-order chi connectivity index (χ1) is 7.04. The molecule has 3 nitrogen and oxygen atoms in total. The van der Waals surface area contributed by atoms with Gasteiger partial charge in [0, 0.05) is 19.2 Å². The molecule has 0 aromatic rings. The van der Waals surface area contributed by atoms with Gasteiger partial charge in [0.05, 0.1) is 0 Å². The average Bonchev–Trinajstić information content (AvgIpc) is 2.17. The molecule has 1 aliphatic heterocycles. The quantitative estimate of drug-likeness (QED) is 0.700. The number of hydrogen-bond acceptors (Lipinski definition) is 2.